The van der Waals surface area contributed by atoms with Crippen LogP contribution in [0.1, 0.15) is 20.8 Å². The van der Waals surface area contributed by atoms with Crippen molar-refractivity contribution in [2.45, 2.75) is 0 Å². The highest BCUT2D eigenvalue weighted by atomic mass is 16.5. The minimum atomic E-state index is -0.929. The van der Waals surface area contributed by atoms with E-state index in [4.69, 9.17) is 4.74 Å². The summed E-state index contributed by atoms with van der Waals surface area (Å²) in [4.78, 5) is 35.2. The van der Waals surface area contributed by atoms with E-state index in [-0.39, 0.29) is 16.9 Å². The van der Waals surface area contributed by atoms with E-state index in [1.165, 1.54) is 37.4 Å². The highest BCUT2D eigenvalue weighted by molar-refractivity contribution is 6.02. The van der Waals surface area contributed by atoms with Crippen LogP contribution in [0.3, 0.4) is 0 Å². The maximum atomic E-state index is 11.9. The Bertz CT molecular complexity index is 775. The summed E-state index contributed by atoms with van der Waals surface area (Å²) in [5.41, 5.74) is 0.157. The molecule has 1 aromatic heterocycles. The Morgan fingerprint density at radius 3 is 2.50 bits per heavy atom. The van der Waals surface area contributed by atoms with E-state index in [1.54, 1.807) is 12.1 Å². The summed E-state index contributed by atoms with van der Waals surface area (Å²) < 4.78 is 9.74. The summed E-state index contributed by atoms with van der Waals surface area (Å²) in [7, 11) is 1.22. The fourth-order valence-corrected chi connectivity index (χ4v) is 1.86. The van der Waals surface area contributed by atoms with Gasteiger partial charge in [0.15, 0.2) is 12.8 Å². The Morgan fingerprint density at radius 2 is 1.79 bits per heavy atom. The highest BCUT2D eigenvalue weighted by Gasteiger charge is 2.19. The number of benzene rings is 1. The molecule has 1 aromatic carbocycles. The number of carbonyl (C=O) groups is 3. The van der Waals surface area contributed by atoms with E-state index in [9.17, 15) is 19.6 Å². The van der Waals surface area contributed by atoms with Gasteiger partial charge in [0.05, 0.1) is 18.4 Å². The van der Waals surface area contributed by atoms with Gasteiger partial charge in [-0.2, -0.15) is 4.73 Å². The number of para-hydroxylation sites is 1. The van der Waals surface area contributed by atoms with Crippen LogP contribution in [0.2, 0.25) is 0 Å². The maximum absolute atomic E-state index is 11.9. The van der Waals surface area contributed by atoms with Gasteiger partial charge in [0, 0.05) is 12.1 Å². The van der Waals surface area contributed by atoms with E-state index in [0.29, 0.717) is 4.73 Å². The Hall–Kier alpha value is -3.42. The molecule has 0 bridgehead atoms. The fourth-order valence-electron chi connectivity index (χ4n) is 1.86. The lowest BCUT2D eigenvalue weighted by Gasteiger charge is -2.09. The molecular formula is C16H14N2O6. The van der Waals surface area contributed by atoms with Gasteiger partial charge in [-0.15, -0.1) is 0 Å². The minimum absolute atomic E-state index is 0.167. The molecule has 0 aliphatic heterocycles. The summed E-state index contributed by atoms with van der Waals surface area (Å²) in [5.74, 6) is -2.20. The van der Waals surface area contributed by atoms with Gasteiger partial charge in [0.2, 0.25) is 0 Å². The van der Waals surface area contributed by atoms with Gasteiger partial charge in [0.25, 0.3) is 5.91 Å². The predicted octanol–water partition coefficient (Wildman–Crippen LogP) is 0.902. The van der Waals surface area contributed by atoms with Gasteiger partial charge in [0.1, 0.15) is 0 Å². The largest absolute Gasteiger partial charge is 0.618 e. The van der Waals surface area contributed by atoms with Gasteiger partial charge in [-0.1, -0.05) is 12.1 Å². The van der Waals surface area contributed by atoms with Gasteiger partial charge in [-0.3, -0.25) is 4.79 Å². The van der Waals surface area contributed by atoms with Gasteiger partial charge in [-0.05, 0) is 18.2 Å². The summed E-state index contributed by atoms with van der Waals surface area (Å²) in [6.07, 6.45) is 1.14. The van der Waals surface area contributed by atoms with E-state index in [2.05, 4.69) is 10.1 Å². The van der Waals surface area contributed by atoms with Crippen LogP contribution in [0, 0.1) is 5.21 Å². The highest BCUT2D eigenvalue weighted by Crippen LogP contribution is 2.15. The standard InChI is InChI=1S/C16H14N2O6/c1-23-15(20)11-6-2-3-7-12(11)17-14(19)10-24-16(21)13-8-4-5-9-18(13)22/h2-9H,10H2,1H3,(H,17,19). The van der Waals surface area contributed by atoms with Crippen molar-refractivity contribution in [3.8, 4) is 0 Å². The molecule has 0 aliphatic rings. The van der Waals surface area contributed by atoms with Crippen LogP contribution in [-0.2, 0) is 14.3 Å². The molecule has 0 atom stereocenters. The lowest BCUT2D eigenvalue weighted by molar-refractivity contribution is -0.608. The van der Waals surface area contributed by atoms with Crippen molar-refractivity contribution in [1.82, 2.24) is 0 Å². The first-order valence-corrected chi connectivity index (χ1v) is 6.85. The number of amides is 1. The number of carbonyl (C=O) groups excluding carboxylic acids is 3. The Balaban J connectivity index is 1.99. The van der Waals surface area contributed by atoms with Crippen molar-refractivity contribution in [1.29, 1.82) is 0 Å². The first-order chi connectivity index (χ1) is 11.5. The number of esters is 2. The number of pyridine rings is 1. The number of methoxy groups -OCH3 is 1. The van der Waals surface area contributed by atoms with Crippen LogP contribution in [0.15, 0.2) is 48.7 Å². The quantitative estimate of drug-likeness (QED) is 0.496. The molecule has 0 fully saturated rings. The number of aromatic nitrogens is 1. The minimum Gasteiger partial charge on any atom is -0.618 e. The van der Waals surface area contributed by atoms with Crippen LogP contribution in [0.5, 0.6) is 0 Å². The average molecular weight is 330 g/mol. The Morgan fingerprint density at radius 1 is 1.08 bits per heavy atom. The molecule has 0 aliphatic carbocycles. The second kappa shape index (κ2) is 7.73. The third kappa shape index (κ3) is 4.07. The molecule has 2 aromatic rings. The molecule has 1 heterocycles. The Kier molecular flexibility index (Phi) is 5.45. The van der Waals surface area contributed by atoms with Crippen LogP contribution in [0.4, 0.5) is 5.69 Å². The lowest BCUT2D eigenvalue weighted by Crippen LogP contribution is -2.35. The first-order valence-electron chi connectivity index (χ1n) is 6.85. The van der Waals surface area contributed by atoms with E-state index < -0.39 is 24.5 Å². The van der Waals surface area contributed by atoms with Crippen molar-refractivity contribution < 1.29 is 28.6 Å². The zero-order chi connectivity index (χ0) is 17.5. The SMILES string of the molecule is COC(=O)c1ccccc1NC(=O)COC(=O)c1cccc[n+]1[O-]. The van der Waals surface area contributed by atoms with E-state index >= 15 is 0 Å². The summed E-state index contributed by atoms with van der Waals surface area (Å²) in [6, 6.07) is 10.5. The van der Waals surface area contributed by atoms with Gasteiger partial charge in [-0.25, -0.2) is 9.59 Å². The van der Waals surface area contributed by atoms with Gasteiger partial charge >= 0.3 is 17.6 Å². The fraction of sp³-hybridized carbons (Fsp3) is 0.125. The first kappa shape index (κ1) is 16.9. The van der Waals surface area contributed by atoms with E-state index in [1.807, 2.05) is 0 Å². The molecule has 0 saturated carbocycles. The van der Waals surface area contributed by atoms with Crippen LogP contribution >= 0.6 is 0 Å². The molecule has 124 valence electrons. The molecule has 0 radical (unpaired) electrons. The van der Waals surface area contributed by atoms with Crippen LogP contribution in [-0.4, -0.2) is 31.6 Å². The van der Waals surface area contributed by atoms with Crippen molar-refractivity contribution in [3.63, 3.8) is 0 Å². The van der Waals surface area contributed by atoms with Crippen LogP contribution in [0.25, 0.3) is 0 Å². The van der Waals surface area contributed by atoms with Crippen molar-refractivity contribution in [2.75, 3.05) is 19.0 Å². The molecule has 1 amide bonds. The maximum Gasteiger partial charge on any atom is 0.405 e. The normalized spacial score (nSPS) is 9.88. The number of rotatable bonds is 5. The van der Waals surface area contributed by atoms with Crippen molar-refractivity contribution in [2.24, 2.45) is 0 Å². The topological polar surface area (TPSA) is 109 Å². The smallest absolute Gasteiger partial charge is 0.405 e. The monoisotopic (exact) mass is 330 g/mol. The summed E-state index contributed by atoms with van der Waals surface area (Å²) in [6.45, 7) is -0.608. The summed E-state index contributed by atoms with van der Waals surface area (Å²) in [5, 5.41) is 13.9. The number of nitrogens with one attached hydrogen (secondary N) is 1. The zero-order valence-electron chi connectivity index (χ0n) is 12.7. The molecule has 8 nitrogen and oxygen atoms in total. The molecular weight excluding hydrogens is 316 g/mol. The molecule has 1 N–H and O–H groups in total. The van der Waals surface area contributed by atoms with E-state index in [0.717, 1.165) is 6.20 Å². The van der Waals surface area contributed by atoms with Gasteiger partial charge < -0.3 is 20.0 Å². The molecule has 0 spiro atoms. The third-order valence-corrected chi connectivity index (χ3v) is 2.97. The number of nitrogens with zero attached hydrogens (tertiary/aromatic N) is 1. The molecule has 24 heavy (non-hydrogen) atoms. The van der Waals surface area contributed by atoms with Crippen molar-refractivity contribution in [3.05, 3.63) is 65.1 Å². The lowest BCUT2D eigenvalue weighted by atomic mass is 10.2. The number of ether oxygens (including phenoxy) is 2. The molecule has 2 rings (SSSR count). The van der Waals surface area contributed by atoms with Crippen molar-refractivity contribution >= 4 is 23.5 Å². The molecule has 8 heteroatoms. The Labute approximate surface area is 137 Å². The number of hydrogen-bond acceptors (Lipinski definition) is 6. The average Bonchev–Trinajstić information content (AvgIpc) is 2.60. The molecule has 0 unspecified atom stereocenters. The second-order valence-corrected chi connectivity index (χ2v) is 4.57. The third-order valence-electron chi connectivity index (χ3n) is 2.97. The zero-order valence-corrected chi connectivity index (χ0v) is 12.7. The predicted molar refractivity (Wildman–Crippen MR) is 82.1 cm³/mol. The molecule has 0 saturated heterocycles. The second-order valence-electron chi connectivity index (χ2n) is 4.57. The number of hydrogen-bond donors (Lipinski definition) is 1. The summed E-state index contributed by atoms with van der Waals surface area (Å²) >= 11 is 0. The number of anilines is 1. The van der Waals surface area contributed by atoms with Crippen LogP contribution < -0.4 is 10.0 Å².